The van der Waals surface area contributed by atoms with Crippen LogP contribution in [0, 0.1) is 0 Å². The van der Waals surface area contributed by atoms with E-state index >= 15 is 0 Å². The maximum Gasteiger partial charge on any atom is 0.416 e. The highest BCUT2D eigenvalue weighted by Crippen LogP contribution is 2.28. The van der Waals surface area contributed by atoms with E-state index in [0.717, 1.165) is 12.1 Å². The van der Waals surface area contributed by atoms with Crippen LogP contribution in [0.1, 0.15) is 24.5 Å². The van der Waals surface area contributed by atoms with Gasteiger partial charge in [0.1, 0.15) is 5.84 Å². The minimum Gasteiger partial charge on any atom is -0.264 e. The molecule has 0 radical (unpaired) electrons. The quantitative estimate of drug-likeness (QED) is 0.510. The first-order chi connectivity index (χ1) is 8.97. The zero-order valence-electron chi connectivity index (χ0n) is 10.3. The fourth-order valence-electron chi connectivity index (χ4n) is 1.19. The van der Waals surface area contributed by atoms with E-state index in [-0.39, 0.29) is 0 Å². The van der Waals surface area contributed by atoms with Gasteiger partial charge in [0.25, 0.3) is 0 Å². The molecule has 0 spiro atoms. The van der Waals surface area contributed by atoms with Crippen molar-refractivity contribution < 1.29 is 13.2 Å². The van der Waals surface area contributed by atoms with Crippen molar-refractivity contribution in [1.29, 1.82) is 0 Å². The Hall–Kier alpha value is -2.18. The lowest BCUT2D eigenvalue weighted by Crippen LogP contribution is -2.14. The highest BCUT2D eigenvalue weighted by atomic mass is 19.4. The molecule has 7 heteroatoms. The lowest BCUT2D eigenvalue weighted by Gasteiger charge is -2.05. The molecular weight excluding hydrogens is 257 g/mol. The minimum absolute atomic E-state index is 0.512. The summed E-state index contributed by atoms with van der Waals surface area (Å²) in [4.78, 5) is 0. The number of nitrogens with one attached hydrogen (secondary N) is 1. The third kappa shape index (κ3) is 4.90. The summed E-state index contributed by atoms with van der Waals surface area (Å²) in [6.45, 7) is 5.10. The van der Waals surface area contributed by atoms with Gasteiger partial charge in [0.2, 0.25) is 0 Å². The maximum absolute atomic E-state index is 12.3. The van der Waals surface area contributed by atoms with Gasteiger partial charge in [0.15, 0.2) is 0 Å². The van der Waals surface area contributed by atoms with E-state index in [1.165, 1.54) is 18.3 Å². The van der Waals surface area contributed by atoms with Crippen LogP contribution in [0.2, 0.25) is 0 Å². The summed E-state index contributed by atoms with van der Waals surface area (Å²) in [6, 6.07) is 4.64. The molecule has 0 atom stereocenters. The average Bonchev–Trinajstić information content (AvgIpc) is 2.37. The fraction of sp³-hybridized carbons (Fsp3) is 0.250. The zero-order valence-corrected chi connectivity index (χ0v) is 10.3. The van der Waals surface area contributed by atoms with Crippen LogP contribution in [0.25, 0.3) is 0 Å². The molecule has 1 aromatic carbocycles. The third-order valence-electron chi connectivity index (χ3n) is 2.17. The molecule has 0 aliphatic heterocycles. The Balaban J connectivity index is 2.75. The summed E-state index contributed by atoms with van der Waals surface area (Å²) in [5.74, 6) is 0.512. The first kappa shape index (κ1) is 14.9. The second kappa shape index (κ2) is 6.67. The van der Waals surface area contributed by atoms with Gasteiger partial charge in [0.05, 0.1) is 11.8 Å². The van der Waals surface area contributed by atoms with Gasteiger partial charge in [-0.25, -0.2) is 0 Å². The fourth-order valence-corrected chi connectivity index (χ4v) is 1.19. The Labute approximate surface area is 108 Å². The molecule has 1 aromatic rings. The Morgan fingerprint density at radius 3 is 2.42 bits per heavy atom. The van der Waals surface area contributed by atoms with E-state index in [0.29, 0.717) is 17.8 Å². The standard InChI is InChI=1S/C12H13F3N4/c1-3-11(18-16-2)19-17-8-9-4-6-10(7-5-9)12(13,14)15/h4-8H,2-3H2,1H3,(H,18,19)/b17-8-. The number of amidine groups is 1. The second-order valence-electron chi connectivity index (χ2n) is 3.53. The van der Waals surface area contributed by atoms with Crippen LogP contribution in [0.4, 0.5) is 13.2 Å². The predicted octanol–water partition coefficient (Wildman–Crippen LogP) is 3.05. The highest BCUT2D eigenvalue weighted by Gasteiger charge is 2.29. The van der Waals surface area contributed by atoms with Crippen molar-refractivity contribution in [3.05, 3.63) is 35.4 Å². The monoisotopic (exact) mass is 270 g/mol. The Morgan fingerprint density at radius 1 is 1.32 bits per heavy atom. The molecular formula is C12H13F3N4. The summed E-state index contributed by atoms with van der Waals surface area (Å²) in [5.41, 5.74) is 2.38. The number of hydrogen-bond acceptors (Lipinski definition) is 3. The van der Waals surface area contributed by atoms with Crippen LogP contribution in [0.15, 0.2) is 39.6 Å². The molecule has 0 unspecified atom stereocenters. The summed E-state index contributed by atoms with van der Waals surface area (Å²) in [5, 5.41) is 11.0. The van der Waals surface area contributed by atoms with Gasteiger partial charge in [-0.05, 0) is 17.7 Å². The van der Waals surface area contributed by atoms with Crippen molar-refractivity contribution in [2.24, 2.45) is 15.3 Å². The number of benzene rings is 1. The molecule has 19 heavy (non-hydrogen) atoms. The van der Waals surface area contributed by atoms with Gasteiger partial charge >= 0.3 is 6.18 Å². The number of alkyl halides is 3. The van der Waals surface area contributed by atoms with Gasteiger partial charge in [-0.15, -0.1) is 5.10 Å². The average molecular weight is 270 g/mol. The van der Waals surface area contributed by atoms with Crippen molar-refractivity contribution in [3.63, 3.8) is 0 Å². The van der Waals surface area contributed by atoms with Gasteiger partial charge in [-0.1, -0.05) is 19.1 Å². The van der Waals surface area contributed by atoms with E-state index in [1.54, 1.807) is 0 Å². The molecule has 1 N–H and O–H groups in total. The van der Waals surface area contributed by atoms with Crippen LogP contribution in [-0.4, -0.2) is 18.8 Å². The zero-order chi connectivity index (χ0) is 14.3. The number of halogens is 3. The van der Waals surface area contributed by atoms with Crippen LogP contribution in [-0.2, 0) is 6.18 Å². The highest BCUT2D eigenvalue weighted by molar-refractivity contribution is 5.84. The molecule has 102 valence electrons. The third-order valence-corrected chi connectivity index (χ3v) is 2.17. The van der Waals surface area contributed by atoms with E-state index in [4.69, 9.17) is 0 Å². The molecule has 0 aromatic heterocycles. The molecule has 0 aliphatic carbocycles. The van der Waals surface area contributed by atoms with Crippen molar-refractivity contribution in [3.8, 4) is 0 Å². The molecule has 0 amide bonds. The van der Waals surface area contributed by atoms with Crippen LogP contribution < -0.4 is 5.43 Å². The summed E-state index contributed by atoms with van der Waals surface area (Å²) < 4.78 is 37.0. The van der Waals surface area contributed by atoms with E-state index < -0.39 is 11.7 Å². The number of hydrazone groups is 1. The van der Waals surface area contributed by atoms with Crippen LogP contribution in [0.5, 0.6) is 0 Å². The van der Waals surface area contributed by atoms with Gasteiger partial charge in [-0.3, -0.25) is 5.43 Å². The van der Waals surface area contributed by atoms with E-state index in [9.17, 15) is 13.2 Å². The van der Waals surface area contributed by atoms with Crippen molar-refractivity contribution >= 4 is 18.8 Å². The summed E-state index contributed by atoms with van der Waals surface area (Å²) in [6.07, 6.45) is -2.38. The molecule has 1 rings (SSSR count). The number of nitrogens with zero attached hydrogens (tertiary/aromatic N) is 3. The number of hydrogen-bond donors (Lipinski definition) is 1. The molecule has 0 bridgehead atoms. The predicted molar refractivity (Wildman–Crippen MR) is 69.4 cm³/mol. The molecule has 0 fully saturated rings. The SMILES string of the molecule is C=NNC(CC)=N/N=C\c1ccc(C(F)(F)F)cc1. The maximum atomic E-state index is 12.3. The first-order valence-corrected chi connectivity index (χ1v) is 5.46. The van der Waals surface area contributed by atoms with Gasteiger partial charge in [0, 0.05) is 13.1 Å². The second-order valence-corrected chi connectivity index (χ2v) is 3.53. The van der Waals surface area contributed by atoms with Gasteiger partial charge < -0.3 is 0 Å². The molecule has 0 heterocycles. The Morgan fingerprint density at radius 2 is 1.95 bits per heavy atom. The van der Waals surface area contributed by atoms with Crippen LogP contribution >= 0.6 is 0 Å². The largest absolute Gasteiger partial charge is 0.416 e. The smallest absolute Gasteiger partial charge is 0.264 e. The number of rotatable bonds is 4. The van der Waals surface area contributed by atoms with Crippen LogP contribution in [0.3, 0.4) is 0 Å². The van der Waals surface area contributed by atoms with E-state index in [2.05, 4.69) is 27.4 Å². The minimum atomic E-state index is -4.33. The first-order valence-electron chi connectivity index (χ1n) is 5.46. The Bertz CT molecular complexity index is 475. The van der Waals surface area contributed by atoms with E-state index in [1.807, 2.05) is 6.92 Å². The molecule has 0 aliphatic rings. The normalized spacial score (nSPS) is 12.7. The summed E-state index contributed by atoms with van der Waals surface area (Å²) in [7, 11) is 0. The Kier molecular flexibility index (Phi) is 5.23. The molecule has 0 saturated carbocycles. The van der Waals surface area contributed by atoms with Gasteiger partial charge in [-0.2, -0.15) is 23.4 Å². The molecule has 4 nitrogen and oxygen atoms in total. The summed E-state index contributed by atoms with van der Waals surface area (Å²) >= 11 is 0. The topological polar surface area (TPSA) is 49.1 Å². The molecule has 0 saturated heterocycles. The lowest BCUT2D eigenvalue weighted by molar-refractivity contribution is -0.137. The van der Waals surface area contributed by atoms with Crippen molar-refractivity contribution in [2.45, 2.75) is 19.5 Å². The van der Waals surface area contributed by atoms with Crippen molar-refractivity contribution in [1.82, 2.24) is 5.43 Å². The lowest BCUT2D eigenvalue weighted by atomic mass is 10.1. The van der Waals surface area contributed by atoms with Crippen molar-refractivity contribution in [2.75, 3.05) is 0 Å².